The Morgan fingerprint density at radius 2 is 2.15 bits per heavy atom. The molecule has 0 N–H and O–H groups in total. The third kappa shape index (κ3) is 3.61. The maximum atomic E-state index is 5.95. The van der Waals surface area contributed by atoms with E-state index in [-0.39, 0.29) is 0 Å². The quantitative estimate of drug-likeness (QED) is 0.690. The number of hydrogen-bond donors (Lipinski definition) is 0. The average Bonchev–Trinajstić information content (AvgIpc) is 2.47. The standard InChI is InChI=1S/C10H14BrClS/c1-7(2)5-8(6-12)9-3-4-10(11)13-9/h3-4,7-8H,5-6H2,1-2H3. The van der Waals surface area contributed by atoms with Crippen molar-refractivity contribution >= 4 is 38.9 Å². The summed E-state index contributed by atoms with van der Waals surface area (Å²) in [6.07, 6.45) is 1.18. The predicted octanol–water partition coefficient (Wildman–Crippen LogP) is 4.88. The van der Waals surface area contributed by atoms with Crippen molar-refractivity contribution in [1.29, 1.82) is 0 Å². The molecule has 0 saturated heterocycles. The average molecular weight is 282 g/mol. The molecule has 1 unspecified atom stereocenters. The van der Waals surface area contributed by atoms with Crippen molar-refractivity contribution in [2.75, 3.05) is 5.88 Å². The maximum absolute atomic E-state index is 5.95. The first kappa shape index (κ1) is 11.5. The van der Waals surface area contributed by atoms with Gasteiger partial charge in [0.15, 0.2) is 0 Å². The molecule has 0 aromatic carbocycles. The Kier molecular flexibility index (Phi) is 4.77. The van der Waals surface area contributed by atoms with Gasteiger partial charge in [-0.3, -0.25) is 0 Å². The molecule has 1 atom stereocenters. The molecule has 0 spiro atoms. The fourth-order valence-corrected chi connectivity index (χ4v) is 3.29. The topological polar surface area (TPSA) is 0 Å². The Bertz CT molecular complexity index is 257. The van der Waals surface area contributed by atoms with Gasteiger partial charge in [-0.2, -0.15) is 0 Å². The van der Waals surface area contributed by atoms with E-state index in [1.54, 1.807) is 11.3 Å². The molecule has 13 heavy (non-hydrogen) atoms. The summed E-state index contributed by atoms with van der Waals surface area (Å²) < 4.78 is 1.20. The molecule has 0 fully saturated rings. The number of thiophene rings is 1. The normalized spacial score (nSPS) is 13.6. The molecule has 0 aliphatic heterocycles. The first-order valence-corrected chi connectivity index (χ1v) is 6.59. The van der Waals surface area contributed by atoms with Gasteiger partial charge in [0, 0.05) is 16.7 Å². The molecule has 0 aliphatic carbocycles. The molecule has 3 heteroatoms. The monoisotopic (exact) mass is 280 g/mol. The van der Waals surface area contributed by atoms with E-state index in [0.717, 1.165) is 5.88 Å². The second-order valence-electron chi connectivity index (χ2n) is 3.62. The zero-order valence-electron chi connectivity index (χ0n) is 7.89. The zero-order valence-corrected chi connectivity index (χ0v) is 11.0. The smallest absolute Gasteiger partial charge is 0.0701 e. The summed E-state index contributed by atoms with van der Waals surface area (Å²) >= 11 is 11.2. The van der Waals surface area contributed by atoms with Crippen LogP contribution in [0.5, 0.6) is 0 Å². The highest BCUT2D eigenvalue weighted by molar-refractivity contribution is 9.11. The lowest BCUT2D eigenvalue weighted by molar-refractivity contribution is 0.531. The third-order valence-electron chi connectivity index (χ3n) is 1.94. The highest BCUT2D eigenvalue weighted by Crippen LogP contribution is 2.32. The number of rotatable bonds is 4. The van der Waals surface area contributed by atoms with Crippen molar-refractivity contribution in [3.8, 4) is 0 Å². The molecule has 0 aliphatic rings. The number of alkyl halides is 1. The van der Waals surface area contributed by atoms with Crippen molar-refractivity contribution in [2.45, 2.75) is 26.2 Å². The minimum absolute atomic E-state index is 0.526. The van der Waals surface area contributed by atoms with Gasteiger partial charge in [0.05, 0.1) is 3.79 Å². The highest BCUT2D eigenvalue weighted by atomic mass is 79.9. The minimum atomic E-state index is 0.526. The molecular weight excluding hydrogens is 268 g/mol. The highest BCUT2D eigenvalue weighted by Gasteiger charge is 2.13. The van der Waals surface area contributed by atoms with Crippen molar-refractivity contribution in [2.24, 2.45) is 5.92 Å². The van der Waals surface area contributed by atoms with Crippen molar-refractivity contribution < 1.29 is 0 Å². The largest absolute Gasteiger partial charge is 0.133 e. The van der Waals surface area contributed by atoms with Gasteiger partial charge >= 0.3 is 0 Å². The first-order chi connectivity index (χ1) is 6.13. The van der Waals surface area contributed by atoms with Gasteiger partial charge in [-0.25, -0.2) is 0 Å². The van der Waals surface area contributed by atoms with E-state index in [4.69, 9.17) is 11.6 Å². The van der Waals surface area contributed by atoms with Crippen LogP contribution in [0.2, 0.25) is 0 Å². The lowest BCUT2D eigenvalue weighted by Gasteiger charge is -2.13. The van der Waals surface area contributed by atoms with Gasteiger partial charge in [0.2, 0.25) is 0 Å². The summed E-state index contributed by atoms with van der Waals surface area (Å²) in [5.74, 6) is 1.97. The van der Waals surface area contributed by atoms with Crippen molar-refractivity contribution in [1.82, 2.24) is 0 Å². The Labute approximate surface area is 97.4 Å². The molecular formula is C10H14BrClS. The summed E-state index contributed by atoms with van der Waals surface area (Å²) in [5.41, 5.74) is 0. The van der Waals surface area contributed by atoms with E-state index >= 15 is 0 Å². The van der Waals surface area contributed by atoms with Gasteiger partial charge in [0.1, 0.15) is 0 Å². The van der Waals surface area contributed by atoms with Gasteiger partial charge < -0.3 is 0 Å². The summed E-state index contributed by atoms with van der Waals surface area (Å²) in [4.78, 5) is 1.40. The number of hydrogen-bond acceptors (Lipinski definition) is 1. The van der Waals surface area contributed by atoms with E-state index in [1.165, 1.54) is 15.1 Å². The minimum Gasteiger partial charge on any atom is -0.133 e. The van der Waals surface area contributed by atoms with Gasteiger partial charge in [-0.15, -0.1) is 22.9 Å². The maximum Gasteiger partial charge on any atom is 0.0701 e. The van der Waals surface area contributed by atoms with Gasteiger partial charge in [0.25, 0.3) is 0 Å². The fourth-order valence-electron chi connectivity index (χ4n) is 1.37. The molecule has 74 valence electrons. The van der Waals surface area contributed by atoms with E-state index in [0.29, 0.717) is 11.8 Å². The second kappa shape index (κ2) is 5.38. The van der Waals surface area contributed by atoms with Crippen LogP contribution in [0.15, 0.2) is 15.9 Å². The molecule has 1 heterocycles. The van der Waals surface area contributed by atoms with E-state index in [2.05, 4.69) is 41.9 Å². The van der Waals surface area contributed by atoms with Crippen LogP contribution in [-0.2, 0) is 0 Å². The van der Waals surface area contributed by atoms with Crippen molar-refractivity contribution in [3.05, 3.63) is 20.8 Å². The predicted molar refractivity (Wildman–Crippen MR) is 64.9 cm³/mol. The van der Waals surface area contributed by atoms with Crippen LogP contribution >= 0.6 is 38.9 Å². The number of halogens is 2. The Morgan fingerprint density at radius 1 is 1.46 bits per heavy atom. The van der Waals surface area contributed by atoms with Crippen LogP contribution in [0, 0.1) is 5.92 Å². The van der Waals surface area contributed by atoms with Gasteiger partial charge in [-0.05, 0) is 40.4 Å². The molecule has 0 amide bonds. The van der Waals surface area contributed by atoms with Crippen LogP contribution in [0.1, 0.15) is 31.1 Å². The van der Waals surface area contributed by atoms with E-state index < -0.39 is 0 Å². The molecule has 1 aromatic heterocycles. The SMILES string of the molecule is CC(C)CC(CCl)c1ccc(Br)s1. The molecule has 0 saturated carbocycles. The lowest BCUT2D eigenvalue weighted by atomic mass is 9.97. The van der Waals surface area contributed by atoms with Crippen LogP contribution in [0.4, 0.5) is 0 Å². The van der Waals surface area contributed by atoms with Crippen molar-refractivity contribution in [3.63, 3.8) is 0 Å². The van der Waals surface area contributed by atoms with Crippen LogP contribution in [0.3, 0.4) is 0 Å². The summed E-state index contributed by atoms with van der Waals surface area (Å²) in [6.45, 7) is 4.48. The Hall–Kier alpha value is 0.470. The third-order valence-corrected chi connectivity index (χ3v) is 4.10. The molecule has 0 nitrogen and oxygen atoms in total. The van der Waals surface area contributed by atoms with E-state index in [9.17, 15) is 0 Å². The Balaban J connectivity index is 2.66. The fraction of sp³-hybridized carbons (Fsp3) is 0.600. The summed E-state index contributed by atoms with van der Waals surface area (Å²) in [6, 6.07) is 4.27. The van der Waals surface area contributed by atoms with Crippen LogP contribution < -0.4 is 0 Å². The molecule has 0 radical (unpaired) electrons. The Morgan fingerprint density at radius 3 is 2.54 bits per heavy atom. The summed E-state index contributed by atoms with van der Waals surface area (Å²) in [7, 11) is 0. The first-order valence-electron chi connectivity index (χ1n) is 4.44. The van der Waals surface area contributed by atoms with Gasteiger partial charge in [-0.1, -0.05) is 13.8 Å². The molecule has 1 rings (SSSR count). The molecule has 1 aromatic rings. The van der Waals surface area contributed by atoms with Crippen LogP contribution in [-0.4, -0.2) is 5.88 Å². The van der Waals surface area contributed by atoms with E-state index in [1.807, 2.05) is 0 Å². The second-order valence-corrected chi connectivity index (χ2v) is 6.43. The zero-order chi connectivity index (χ0) is 9.84. The summed E-state index contributed by atoms with van der Waals surface area (Å²) in [5, 5.41) is 0. The molecule has 0 bridgehead atoms. The van der Waals surface area contributed by atoms with Crippen LogP contribution in [0.25, 0.3) is 0 Å². The lowest BCUT2D eigenvalue weighted by Crippen LogP contribution is -2.02.